The third kappa shape index (κ3) is 8.37. The van der Waals surface area contributed by atoms with Crippen LogP contribution in [0, 0.1) is 0 Å². The lowest BCUT2D eigenvalue weighted by molar-refractivity contribution is -0.0162. The predicted octanol–water partition coefficient (Wildman–Crippen LogP) is 6.57. The van der Waals surface area contributed by atoms with Crippen LogP contribution < -0.4 is 14.4 Å². The van der Waals surface area contributed by atoms with Gasteiger partial charge in [0.15, 0.2) is 0 Å². The van der Waals surface area contributed by atoms with E-state index in [0.29, 0.717) is 37.4 Å². The summed E-state index contributed by atoms with van der Waals surface area (Å²) in [7, 11) is 0. The third-order valence-corrected chi connectivity index (χ3v) is 8.40. The SMILES string of the molecule is CC(C)(C)OC(=O)N1CC(N2CCN(c3ccc(Cc4ccc(OCc5ccccc5)nc4OCc4ccccc4)cc3)CC2)C1. The number of anilines is 1. The van der Waals surface area contributed by atoms with Crippen LogP contribution in [0.4, 0.5) is 10.5 Å². The fourth-order valence-corrected chi connectivity index (χ4v) is 5.80. The van der Waals surface area contributed by atoms with Gasteiger partial charge in [-0.15, -0.1) is 0 Å². The number of likely N-dealkylation sites (tertiary alicyclic amines) is 1. The van der Waals surface area contributed by atoms with Gasteiger partial charge in [0.25, 0.3) is 0 Å². The minimum Gasteiger partial charge on any atom is -0.473 e. The maximum absolute atomic E-state index is 12.3. The second-order valence-corrected chi connectivity index (χ2v) is 13.1. The summed E-state index contributed by atoms with van der Waals surface area (Å²) >= 11 is 0. The Labute approximate surface area is 272 Å². The molecule has 2 aliphatic rings. The third-order valence-electron chi connectivity index (χ3n) is 8.40. The van der Waals surface area contributed by atoms with E-state index < -0.39 is 5.60 Å². The van der Waals surface area contributed by atoms with Crippen molar-refractivity contribution in [3.05, 3.63) is 119 Å². The molecule has 8 nitrogen and oxygen atoms in total. The van der Waals surface area contributed by atoms with Crippen molar-refractivity contribution >= 4 is 11.8 Å². The Balaban J connectivity index is 1.04. The molecule has 3 aromatic carbocycles. The van der Waals surface area contributed by atoms with Crippen LogP contribution in [0.3, 0.4) is 0 Å². The number of hydrogen-bond donors (Lipinski definition) is 0. The number of rotatable bonds is 10. The highest BCUT2D eigenvalue weighted by molar-refractivity contribution is 5.69. The summed E-state index contributed by atoms with van der Waals surface area (Å²) in [6.07, 6.45) is 0.500. The molecule has 6 rings (SSSR count). The Morgan fingerprint density at radius 1 is 0.739 bits per heavy atom. The van der Waals surface area contributed by atoms with E-state index in [-0.39, 0.29) is 6.09 Å². The highest BCUT2D eigenvalue weighted by Crippen LogP contribution is 2.27. The molecule has 46 heavy (non-hydrogen) atoms. The number of carbonyl (C=O) groups excluding carboxylic acids is 1. The standard InChI is InChI=1S/C38H44N4O4/c1-38(2,3)46-37(43)42-25-34(26-42)41-22-20-40(21-23-41)33-17-14-29(15-18-33)24-32-16-19-35(44-27-30-10-6-4-7-11-30)39-36(32)45-28-31-12-8-5-9-13-31/h4-19,34H,20-28H2,1-3H3. The molecule has 8 heteroatoms. The van der Waals surface area contributed by atoms with Crippen LogP contribution in [0.25, 0.3) is 0 Å². The van der Waals surface area contributed by atoms with Crippen LogP contribution in [0.5, 0.6) is 11.8 Å². The van der Waals surface area contributed by atoms with E-state index in [1.54, 1.807) is 4.90 Å². The summed E-state index contributed by atoms with van der Waals surface area (Å²) < 4.78 is 17.8. The van der Waals surface area contributed by atoms with Crippen LogP contribution >= 0.6 is 0 Å². The van der Waals surface area contributed by atoms with Crippen LogP contribution in [-0.2, 0) is 24.4 Å². The van der Waals surface area contributed by atoms with Crippen molar-refractivity contribution in [1.82, 2.24) is 14.8 Å². The molecular weight excluding hydrogens is 576 g/mol. The van der Waals surface area contributed by atoms with E-state index in [1.165, 1.54) is 11.3 Å². The molecule has 2 saturated heterocycles. The van der Waals surface area contributed by atoms with Crippen molar-refractivity contribution in [2.24, 2.45) is 0 Å². The lowest BCUT2D eigenvalue weighted by atomic mass is 10.0. The van der Waals surface area contributed by atoms with Gasteiger partial charge in [-0.2, -0.15) is 4.98 Å². The molecule has 0 saturated carbocycles. The second kappa shape index (κ2) is 14.3. The number of nitrogens with zero attached hydrogens (tertiary/aromatic N) is 4. The van der Waals surface area contributed by atoms with Crippen molar-refractivity contribution in [3.63, 3.8) is 0 Å². The Morgan fingerprint density at radius 3 is 1.96 bits per heavy atom. The van der Waals surface area contributed by atoms with Gasteiger partial charge in [-0.05, 0) is 55.7 Å². The number of amides is 1. The summed E-state index contributed by atoms with van der Waals surface area (Å²) in [5, 5.41) is 0. The van der Waals surface area contributed by atoms with Gasteiger partial charge in [-0.1, -0.05) is 72.8 Å². The number of pyridine rings is 1. The maximum Gasteiger partial charge on any atom is 0.410 e. The Bertz CT molecular complexity index is 1560. The molecule has 0 N–H and O–H groups in total. The Morgan fingerprint density at radius 2 is 1.35 bits per heavy atom. The minimum atomic E-state index is -0.457. The smallest absolute Gasteiger partial charge is 0.410 e. The zero-order chi connectivity index (χ0) is 31.9. The summed E-state index contributed by atoms with van der Waals surface area (Å²) in [5.74, 6) is 1.14. The van der Waals surface area contributed by atoms with Gasteiger partial charge >= 0.3 is 6.09 Å². The topological polar surface area (TPSA) is 67.4 Å². The van der Waals surface area contributed by atoms with Crippen molar-refractivity contribution < 1.29 is 19.0 Å². The summed E-state index contributed by atoms with van der Waals surface area (Å²) in [6.45, 7) is 12.0. The first-order valence-electron chi connectivity index (χ1n) is 16.2. The molecule has 4 aromatic rings. The molecule has 2 aliphatic heterocycles. The molecular formula is C38H44N4O4. The minimum absolute atomic E-state index is 0.208. The predicted molar refractivity (Wildman–Crippen MR) is 180 cm³/mol. The van der Waals surface area contributed by atoms with Crippen LogP contribution in [0.1, 0.15) is 43.0 Å². The molecule has 240 valence electrons. The average molecular weight is 621 g/mol. The summed E-state index contributed by atoms with van der Waals surface area (Å²) in [6, 6.07) is 33.5. The van der Waals surface area contributed by atoms with Gasteiger partial charge in [0, 0.05) is 69.0 Å². The van der Waals surface area contributed by atoms with Crippen molar-refractivity contribution in [2.75, 3.05) is 44.2 Å². The van der Waals surface area contributed by atoms with Gasteiger partial charge in [0.2, 0.25) is 11.8 Å². The van der Waals surface area contributed by atoms with Gasteiger partial charge in [0.05, 0.1) is 0 Å². The number of aromatic nitrogens is 1. The lowest BCUT2D eigenvalue weighted by Crippen LogP contribution is -2.64. The van der Waals surface area contributed by atoms with Gasteiger partial charge in [-0.3, -0.25) is 4.90 Å². The number of ether oxygens (including phenoxy) is 3. The average Bonchev–Trinajstić information content (AvgIpc) is 3.04. The molecule has 1 aromatic heterocycles. The monoisotopic (exact) mass is 620 g/mol. The van der Waals surface area contributed by atoms with E-state index >= 15 is 0 Å². The molecule has 0 radical (unpaired) electrons. The van der Waals surface area contributed by atoms with Gasteiger partial charge in [-0.25, -0.2) is 4.79 Å². The first-order valence-corrected chi connectivity index (χ1v) is 16.2. The highest BCUT2D eigenvalue weighted by Gasteiger charge is 2.38. The van der Waals surface area contributed by atoms with E-state index in [4.69, 9.17) is 19.2 Å². The van der Waals surface area contributed by atoms with Crippen LogP contribution in [0.15, 0.2) is 97.1 Å². The molecule has 0 atom stereocenters. The van der Waals surface area contributed by atoms with Gasteiger partial charge < -0.3 is 24.0 Å². The maximum atomic E-state index is 12.3. The molecule has 0 bridgehead atoms. The fourth-order valence-electron chi connectivity index (χ4n) is 5.80. The van der Waals surface area contributed by atoms with Gasteiger partial charge in [0.1, 0.15) is 18.8 Å². The van der Waals surface area contributed by atoms with Crippen molar-refractivity contribution in [3.8, 4) is 11.8 Å². The van der Waals surface area contributed by atoms with E-state index in [9.17, 15) is 4.79 Å². The number of carbonyl (C=O) groups is 1. The fraction of sp³-hybridized carbons (Fsp3) is 0.368. The van der Waals surface area contributed by atoms with Crippen LogP contribution in [0.2, 0.25) is 0 Å². The van der Waals surface area contributed by atoms with Crippen LogP contribution in [-0.4, -0.2) is 71.8 Å². The van der Waals surface area contributed by atoms with E-state index in [0.717, 1.165) is 56.0 Å². The molecule has 0 unspecified atom stereocenters. The molecule has 0 aliphatic carbocycles. The Kier molecular flexibility index (Phi) is 9.73. The second-order valence-electron chi connectivity index (χ2n) is 13.1. The summed E-state index contributed by atoms with van der Waals surface area (Å²) in [4.78, 5) is 23.8. The molecule has 1 amide bonds. The quantitative estimate of drug-likeness (QED) is 0.199. The number of piperazine rings is 1. The normalized spacial score (nSPS) is 15.7. The number of benzene rings is 3. The zero-order valence-electron chi connectivity index (χ0n) is 27.1. The highest BCUT2D eigenvalue weighted by atomic mass is 16.6. The molecule has 2 fully saturated rings. The van der Waals surface area contributed by atoms with Crippen molar-refractivity contribution in [2.45, 2.75) is 52.0 Å². The first kappa shape index (κ1) is 31.4. The van der Waals surface area contributed by atoms with E-state index in [1.807, 2.05) is 75.4 Å². The zero-order valence-corrected chi connectivity index (χ0v) is 27.1. The Hall–Kier alpha value is -4.56. The largest absolute Gasteiger partial charge is 0.473 e. The first-order chi connectivity index (χ1) is 22.3. The molecule has 3 heterocycles. The number of hydrogen-bond acceptors (Lipinski definition) is 7. The van der Waals surface area contributed by atoms with E-state index in [2.05, 4.69) is 52.3 Å². The molecule has 0 spiro atoms. The summed E-state index contributed by atoms with van der Waals surface area (Å²) in [5.41, 5.74) is 5.17. The van der Waals surface area contributed by atoms with Crippen molar-refractivity contribution in [1.29, 1.82) is 0 Å². The lowest BCUT2D eigenvalue weighted by Gasteiger charge is -2.48.